The molecule has 4 amide bonds. The molecular weight excluding hydrogens is 467 g/mol. The number of aliphatic hydroxyl groups is 1. The minimum atomic E-state index is -4.71. The van der Waals surface area contributed by atoms with Crippen molar-refractivity contribution in [1.29, 1.82) is 0 Å². The first-order valence-corrected chi connectivity index (χ1v) is 11.6. The summed E-state index contributed by atoms with van der Waals surface area (Å²) in [5.74, 6) is -1.22. The number of anilines is 1. The molecule has 12 heteroatoms. The normalized spacial score (nSPS) is 13.2. The van der Waals surface area contributed by atoms with Crippen molar-refractivity contribution in [2.75, 3.05) is 31.5 Å². The summed E-state index contributed by atoms with van der Waals surface area (Å²) in [6.07, 6.45) is -4.36. The van der Waals surface area contributed by atoms with Crippen molar-refractivity contribution >= 4 is 23.5 Å². The van der Waals surface area contributed by atoms with Gasteiger partial charge in [0.2, 0.25) is 5.91 Å². The van der Waals surface area contributed by atoms with Gasteiger partial charge in [-0.2, -0.15) is 13.2 Å². The zero-order valence-electron chi connectivity index (χ0n) is 20.5. The number of hydrogen-bond acceptors (Lipinski definition) is 5. The maximum absolute atomic E-state index is 13.2. The van der Waals surface area contributed by atoms with E-state index in [0.717, 1.165) is 12.1 Å². The summed E-state index contributed by atoms with van der Waals surface area (Å²) in [5.41, 5.74) is -1.66. The summed E-state index contributed by atoms with van der Waals surface area (Å²) >= 11 is 0. The molecule has 0 fully saturated rings. The smallest absolute Gasteiger partial charge is 0.391 e. The molecular formula is C23H36F3N5O4. The van der Waals surface area contributed by atoms with Crippen molar-refractivity contribution in [2.24, 2.45) is 5.92 Å². The van der Waals surface area contributed by atoms with E-state index in [1.165, 1.54) is 0 Å². The summed E-state index contributed by atoms with van der Waals surface area (Å²) in [4.78, 5) is 36.9. The fourth-order valence-corrected chi connectivity index (χ4v) is 3.17. The van der Waals surface area contributed by atoms with E-state index in [4.69, 9.17) is 0 Å². The molecule has 6 N–H and O–H groups in total. The standard InChI is InChI=1S/C23H36F3N5O4/c1-5-7-19(32)18(12-27-11-14(3)4)30-20(33)13-29-21(34)16-10-15(23(24,25)26)8-9-17(16)31-22(35)28-6-2/h8-10,14,18-19,27,32H,5-7,11-13H2,1-4H3,(H,29,34)(H,30,33)(H2,28,31,35)/t18-,19-/m0/s1. The van der Waals surface area contributed by atoms with Gasteiger partial charge >= 0.3 is 12.2 Å². The third-order valence-corrected chi connectivity index (χ3v) is 4.90. The van der Waals surface area contributed by atoms with E-state index in [1.54, 1.807) is 6.92 Å². The average molecular weight is 504 g/mol. The van der Waals surface area contributed by atoms with Gasteiger partial charge in [0.1, 0.15) is 0 Å². The number of nitrogens with one attached hydrogen (secondary N) is 5. The van der Waals surface area contributed by atoms with Crippen LogP contribution >= 0.6 is 0 Å². The highest BCUT2D eigenvalue weighted by Gasteiger charge is 2.32. The molecule has 2 atom stereocenters. The Bertz CT molecular complexity index is 849. The molecule has 0 radical (unpaired) electrons. The molecule has 0 aliphatic heterocycles. The zero-order valence-corrected chi connectivity index (χ0v) is 20.5. The van der Waals surface area contributed by atoms with Gasteiger partial charge in [0.25, 0.3) is 5.91 Å². The molecule has 0 aliphatic rings. The molecule has 0 spiro atoms. The second-order valence-electron chi connectivity index (χ2n) is 8.51. The Kier molecular flexibility index (Phi) is 12.5. The van der Waals surface area contributed by atoms with Crippen LogP contribution in [0, 0.1) is 5.92 Å². The molecule has 35 heavy (non-hydrogen) atoms. The van der Waals surface area contributed by atoms with Crippen molar-refractivity contribution in [3.05, 3.63) is 29.3 Å². The van der Waals surface area contributed by atoms with E-state index < -0.39 is 53.8 Å². The SMILES string of the molecule is CCC[C@H](O)[C@H](CNCC(C)C)NC(=O)CNC(=O)c1cc(C(F)(F)F)ccc1NC(=O)NCC. The van der Waals surface area contributed by atoms with Crippen LogP contribution in [-0.2, 0) is 11.0 Å². The quantitative estimate of drug-likeness (QED) is 0.246. The number of benzene rings is 1. The van der Waals surface area contributed by atoms with E-state index >= 15 is 0 Å². The molecule has 1 aromatic carbocycles. The first-order chi connectivity index (χ1) is 16.4. The zero-order chi connectivity index (χ0) is 26.6. The molecule has 9 nitrogen and oxygen atoms in total. The van der Waals surface area contributed by atoms with Gasteiger partial charge in [0.05, 0.1) is 35.5 Å². The Labute approximate surface area is 203 Å². The molecule has 0 aromatic heterocycles. The highest BCUT2D eigenvalue weighted by Crippen LogP contribution is 2.32. The predicted octanol–water partition coefficient (Wildman–Crippen LogP) is 2.47. The molecule has 0 bridgehead atoms. The van der Waals surface area contributed by atoms with Gasteiger partial charge in [-0.05, 0) is 44.0 Å². The fraction of sp³-hybridized carbons (Fsp3) is 0.609. The molecule has 198 valence electrons. The second-order valence-corrected chi connectivity index (χ2v) is 8.51. The van der Waals surface area contributed by atoms with Crippen molar-refractivity contribution in [3.8, 4) is 0 Å². The second kappa shape index (κ2) is 14.5. The van der Waals surface area contributed by atoms with Crippen LogP contribution in [-0.4, -0.2) is 61.3 Å². The largest absolute Gasteiger partial charge is 0.416 e. The number of rotatable bonds is 13. The molecule has 0 aliphatic carbocycles. The van der Waals surface area contributed by atoms with Gasteiger partial charge in [-0.15, -0.1) is 0 Å². The fourth-order valence-electron chi connectivity index (χ4n) is 3.17. The third-order valence-electron chi connectivity index (χ3n) is 4.90. The molecule has 0 unspecified atom stereocenters. The number of amides is 4. The van der Waals surface area contributed by atoms with Crippen LogP contribution in [0.2, 0.25) is 0 Å². The number of carbonyl (C=O) groups is 3. The van der Waals surface area contributed by atoms with Crippen LogP contribution in [0.25, 0.3) is 0 Å². The highest BCUT2D eigenvalue weighted by atomic mass is 19.4. The Hall–Kier alpha value is -2.86. The molecule has 0 saturated carbocycles. The monoisotopic (exact) mass is 503 g/mol. The lowest BCUT2D eigenvalue weighted by atomic mass is 10.1. The van der Waals surface area contributed by atoms with E-state index in [0.29, 0.717) is 37.9 Å². The van der Waals surface area contributed by atoms with Gasteiger partial charge in [-0.3, -0.25) is 9.59 Å². The molecule has 1 rings (SSSR count). The first-order valence-electron chi connectivity index (χ1n) is 11.6. The summed E-state index contributed by atoms with van der Waals surface area (Å²) < 4.78 is 39.5. The van der Waals surface area contributed by atoms with Gasteiger partial charge in [0.15, 0.2) is 0 Å². The van der Waals surface area contributed by atoms with Crippen molar-refractivity contribution < 1.29 is 32.7 Å². The minimum absolute atomic E-state index is 0.143. The lowest BCUT2D eigenvalue weighted by Gasteiger charge is -2.25. The summed E-state index contributed by atoms with van der Waals surface area (Å²) in [6.45, 7) is 8.31. The van der Waals surface area contributed by atoms with E-state index in [1.807, 2.05) is 20.8 Å². The molecule has 0 saturated heterocycles. The number of carbonyl (C=O) groups excluding carboxylic acids is 3. The summed E-state index contributed by atoms with van der Waals surface area (Å²) in [6, 6.07) is 1.03. The highest BCUT2D eigenvalue weighted by molar-refractivity contribution is 6.04. The van der Waals surface area contributed by atoms with Crippen LogP contribution in [0.5, 0.6) is 0 Å². The number of halogens is 3. The lowest BCUT2D eigenvalue weighted by Crippen LogP contribution is -2.52. The minimum Gasteiger partial charge on any atom is -0.391 e. The van der Waals surface area contributed by atoms with Crippen molar-refractivity contribution in [1.82, 2.24) is 21.3 Å². The Morgan fingerprint density at radius 2 is 1.74 bits per heavy atom. The van der Waals surface area contributed by atoms with Gasteiger partial charge in [0, 0.05) is 13.1 Å². The van der Waals surface area contributed by atoms with Crippen LogP contribution in [0.3, 0.4) is 0 Å². The van der Waals surface area contributed by atoms with Gasteiger partial charge in [-0.1, -0.05) is 27.2 Å². The van der Waals surface area contributed by atoms with Crippen LogP contribution in [0.4, 0.5) is 23.7 Å². The van der Waals surface area contributed by atoms with E-state index in [2.05, 4.69) is 26.6 Å². The molecule has 1 aromatic rings. The van der Waals surface area contributed by atoms with E-state index in [9.17, 15) is 32.7 Å². The number of alkyl halides is 3. The van der Waals surface area contributed by atoms with Gasteiger partial charge in [-0.25, -0.2) is 4.79 Å². The Balaban J connectivity index is 2.92. The van der Waals surface area contributed by atoms with Crippen molar-refractivity contribution in [3.63, 3.8) is 0 Å². The summed E-state index contributed by atoms with van der Waals surface area (Å²) in [5, 5.41) is 23.2. The lowest BCUT2D eigenvalue weighted by molar-refractivity contribution is -0.137. The number of urea groups is 1. The number of aliphatic hydroxyl groups excluding tert-OH is 1. The van der Waals surface area contributed by atoms with Crippen LogP contribution in [0.15, 0.2) is 18.2 Å². The third kappa shape index (κ3) is 11.0. The topological polar surface area (TPSA) is 132 Å². The maximum atomic E-state index is 13.2. The van der Waals surface area contributed by atoms with Crippen molar-refractivity contribution in [2.45, 2.75) is 58.9 Å². The maximum Gasteiger partial charge on any atom is 0.416 e. The van der Waals surface area contributed by atoms with Crippen LogP contribution in [0.1, 0.15) is 56.5 Å². The Morgan fingerprint density at radius 3 is 2.31 bits per heavy atom. The molecule has 0 heterocycles. The predicted molar refractivity (Wildman–Crippen MR) is 127 cm³/mol. The van der Waals surface area contributed by atoms with Gasteiger partial charge < -0.3 is 31.7 Å². The van der Waals surface area contributed by atoms with E-state index in [-0.39, 0.29) is 12.2 Å². The van der Waals surface area contributed by atoms with Crippen LogP contribution < -0.4 is 26.6 Å². The summed E-state index contributed by atoms with van der Waals surface area (Å²) in [7, 11) is 0. The Morgan fingerprint density at radius 1 is 1.06 bits per heavy atom. The first kappa shape index (κ1) is 30.2. The average Bonchev–Trinajstić information content (AvgIpc) is 2.76. The number of hydrogen-bond donors (Lipinski definition) is 6.